The van der Waals surface area contributed by atoms with E-state index in [9.17, 15) is 14.0 Å². The smallest absolute Gasteiger partial charge is 0.321 e. The van der Waals surface area contributed by atoms with E-state index in [1.807, 2.05) is 13.8 Å². The molecule has 0 radical (unpaired) electrons. The molecule has 1 unspecified atom stereocenters. The van der Waals surface area contributed by atoms with Gasteiger partial charge in [-0.1, -0.05) is 6.92 Å². The van der Waals surface area contributed by atoms with Crippen molar-refractivity contribution in [1.29, 1.82) is 0 Å². The van der Waals surface area contributed by atoms with Crippen LogP contribution >= 0.6 is 0 Å². The van der Waals surface area contributed by atoms with Crippen LogP contribution in [0.5, 0.6) is 5.75 Å². The Kier molecular flexibility index (Phi) is 7.47. The summed E-state index contributed by atoms with van der Waals surface area (Å²) in [5.41, 5.74) is 0.748. The average Bonchev–Trinajstić information content (AvgIpc) is 2.46. The summed E-state index contributed by atoms with van der Waals surface area (Å²) < 4.78 is 18.5. The molecule has 0 aliphatic heterocycles. The number of urea groups is 1. The number of benzene rings is 1. The fraction of sp³-hybridized carbons (Fsp3) is 0.500. The van der Waals surface area contributed by atoms with Crippen molar-refractivity contribution in [2.75, 3.05) is 20.7 Å². The second-order valence-electron chi connectivity index (χ2n) is 5.61. The molecule has 2 atom stereocenters. The van der Waals surface area contributed by atoms with Crippen LogP contribution in [-0.2, 0) is 11.3 Å². The van der Waals surface area contributed by atoms with E-state index in [1.165, 1.54) is 13.2 Å². The van der Waals surface area contributed by atoms with Crippen molar-refractivity contribution < 1.29 is 23.6 Å². The molecule has 0 aliphatic rings. The van der Waals surface area contributed by atoms with Crippen LogP contribution < -0.4 is 20.3 Å². The molecule has 0 heterocycles. The highest BCUT2D eigenvalue weighted by molar-refractivity contribution is 5.94. The van der Waals surface area contributed by atoms with Crippen LogP contribution in [0.3, 0.4) is 0 Å². The van der Waals surface area contributed by atoms with E-state index in [2.05, 4.69) is 10.6 Å². The molecule has 3 N–H and O–H groups in total. The molecule has 0 bridgehead atoms. The quantitative estimate of drug-likeness (QED) is 0.682. The van der Waals surface area contributed by atoms with Crippen LogP contribution in [0.2, 0.25) is 0 Å². The lowest BCUT2D eigenvalue weighted by atomic mass is 10.2. The van der Waals surface area contributed by atoms with Crippen LogP contribution in [0.15, 0.2) is 18.2 Å². The van der Waals surface area contributed by atoms with Gasteiger partial charge in [-0.2, -0.15) is 0 Å². The first-order valence-corrected chi connectivity index (χ1v) is 7.59. The largest absolute Gasteiger partial charge is 0.494 e. The lowest BCUT2D eigenvalue weighted by Crippen LogP contribution is -3.09. The van der Waals surface area contributed by atoms with Crippen LogP contribution in [0, 0.1) is 5.82 Å². The number of methoxy groups -OCH3 is 1. The number of likely N-dealkylation sites (N-methyl/N-ethyl adjacent to an activating group) is 1. The number of rotatable bonds is 7. The van der Waals surface area contributed by atoms with Gasteiger partial charge in [-0.3, -0.25) is 10.1 Å². The number of carbonyl (C=O) groups excluding carboxylic acids is 2. The van der Waals surface area contributed by atoms with E-state index in [0.717, 1.165) is 16.9 Å². The molecule has 3 amide bonds. The first-order chi connectivity index (χ1) is 10.8. The lowest BCUT2D eigenvalue weighted by molar-refractivity contribution is -0.885. The number of nitrogens with one attached hydrogen (secondary N) is 3. The molecule has 0 fully saturated rings. The topological polar surface area (TPSA) is 71.9 Å². The average molecular weight is 326 g/mol. The third kappa shape index (κ3) is 6.65. The predicted octanol–water partition coefficient (Wildman–Crippen LogP) is 0.473. The summed E-state index contributed by atoms with van der Waals surface area (Å²) >= 11 is 0. The molecular formula is C16H25FN3O3+. The molecule has 7 heteroatoms. The Morgan fingerprint density at radius 2 is 2.09 bits per heavy atom. The van der Waals surface area contributed by atoms with Gasteiger partial charge in [-0.15, -0.1) is 0 Å². The number of halogens is 1. The summed E-state index contributed by atoms with van der Waals surface area (Å²) in [6.07, 6.45) is 0.787. The number of ether oxygens (including phenoxy) is 1. The maximum Gasteiger partial charge on any atom is 0.321 e. The van der Waals surface area contributed by atoms with E-state index >= 15 is 0 Å². The molecule has 1 rings (SSSR count). The van der Waals surface area contributed by atoms with Crippen molar-refractivity contribution in [3.05, 3.63) is 29.6 Å². The molecule has 6 nitrogen and oxygen atoms in total. The number of carbonyl (C=O) groups is 2. The van der Waals surface area contributed by atoms with E-state index in [-0.39, 0.29) is 24.2 Å². The predicted molar refractivity (Wildman–Crippen MR) is 84.8 cm³/mol. The monoisotopic (exact) mass is 326 g/mol. The third-order valence-corrected chi connectivity index (χ3v) is 3.43. The Morgan fingerprint density at radius 3 is 2.65 bits per heavy atom. The SMILES string of the molecule is CC[C@H](C)NC(=O)NC(=O)C[NH+](C)Cc1ccc(OC)c(F)c1. The van der Waals surface area contributed by atoms with Gasteiger partial charge in [0, 0.05) is 11.6 Å². The molecule has 1 aromatic carbocycles. The molecule has 0 aromatic heterocycles. The number of hydrogen-bond acceptors (Lipinski definition) is 3. The molecular weight excluding hydrogens is 301 g/mol. The Labute approximate surface area is 136 Å². The van der Waals surface area contributed by atoms with Crippen LogP contribution in [0.1, 0.15) is 25.8 Å². The Balaban J connectivity index is 2.46. The normalized spacial score (nSPS) is 13.1. The molecule has 1 aromatic rings. The standard InChI is InChI=1S/C16H24FN3O3/c1-5-11(2)18-16(22)19-15(21)10-20(3)9-12-6-7-14(23-4)13(17)8-12/h6-8,11H,5,9-10H2,1-4H3,(H2,18,19,21,22)/p+1/t11-/m0/s1. The van der Waals surface area contributed by atoms with Gasteiger partial charge in [0.1, 0.15) is 6.54 Å². The Bertz CT molecular complexity index is 551. The first-order valence-electron chi connectivity index (χ1n) is 7.59. The van der Waals surface area contributed by atoms with Gasteiger partial charge in [0.2, 0.25) is 0 Å². The van der Waals surface area contributed by atoms with Gasteiger partial charge in [0.25, 0.3) is 5.91 Å². The van der Waals surface area contributed by atoms with Gasteiger partial charge in [-0.05, 0) is 31.5 Å². The maximum atomic E-state index is 13.6. The fourth-order valence-corrected chi connectivity index (χ4v) is 2.04. The summed E-state index contributed by atoms with van der Waals surface area (Å²) in [6, 6.07) is 4.20. The van der Waals surface area contributed by atoms with Crippen molar-refractivity contribution in [2.45, 2.75) is 32.9 Å². The summed E-state index contributed by atoms with van der Waals surface area (Å²) in [5.74, 6) is -0.627. The fourth-order valence-electron chi connectivity index (χ4n) is 2.04. The zero-order valence-electron chi connectivity index (χ0n) is 14.0. The number of quaternary nitrogens is 1. The first kappa shape index (κ1) is 18.9. The summed E-state index contributed by atoms with van der Waals surface area (Å²) in [4.78, 5) is 24.2. The minimum absolute atomic E-state index is 0.00940. The van der Waals surface area contributed by atoms with Crippen molar-refractivity contribution in [2.24, 2.45) is 0 Å². The second kappa shape index (κ2) is 9.09. The minimum Gasteiger partial charge on any atom is -0.494 e. The minimum atomic E-state index is -0.493. The van der Waals surface area contributed by atoms with Crippen LogP contribution in [-0.4, -0.2) is 38.7 Å². The van der Waals surface area contributed by atoms with Gasteiger partial charge in [0.15, 0.2) is 18.1 Å². The van der Waals surface area contributed by atoms with E-state index in [0.29, 0.717) is 6.54 Å². The Hall–Kier alpha value is -2.15. The molecule has 0 saturated carbocycles. The molecule has 128 valence electrons. The van der Waals surface area contributed by atoms with Crippen molar-refractivity contribution in [3.8, 4) is 5.75 Å². The lowest BCUT2D eigenvalue weighted by Gasteiger charge is -2.15. The Morgan fingerprint density at radius 1 is 1.39 bits per heavy atom. The van der Waals surface area contributed by atoms with E-state index in [1.54, 1.807) is 19.2 Å². The highest BCUT2D eigenvalue weighted by Crippen LogP contribution is 2.16. The second-order valence-corrected chi connectivity index (χ2v) is 5.61. The zero-order valence-corrected chi connectivity index (χ0v) is 14.0. The number of amides is 3. The van der Waals surface area contributed by atoms with Gasteiger partial charge < -0.3 is 15.0 Å². The summed E-state index contributed by atoms with van der Waals surface area (Å²) in [6.45, 7) is 4.38. The van der Waals surface area contributed by atoms with Crippen molar-refractivity contribution >= 4 is 11.9 Å². The van der Waals surface area contributed by atoms with Crippen LogP contribution in [0.25, 0.3) is 0 Å². The summed E-state index contributed by atoms with van der Waals surface area (Å²) in [7, 11) is 3.21. The van der Waals surface area contributed by atoms with Gasteiger partial charge in [-0.25, -0.2) is 9.18 Å². The highest BCUT2D eigenvalue weighted by atomic mass is 19.1. The molecule has 0 saturated heterocycles. The van der Waals surface area contributed by atoms with Crippen LogP contribution in [0.4, 0.5) is 9.18 Å². The number of hydrogen-bond donors (Lipinski definition) is 3. The number of imide groups is 1. The van der Waals surface area contributed by atoms with E-state index in [4.69, 9.17) is 4.74 Å². The third-order valence-electron chi connectivity index (χ3n) is 3.43. The molecule has 23 heavy (non-hydrogen) atoms. The maximum absolute atomic E-state index is 13.6. The molecule has 0 spiro atoms. The van der Waals surface area contributed by atoms with Crippen molar-refractivity contribution in [1.82, 2.24) is 10.6 Å². The highest BCUT2D eigenvalue weighted by Gasteiger charge is 2.15. The summed E-state index contributed by atoms with van der Waals surface area (Å²) in [5, 5.41) is 4.95. The van der Waals surface area contributed by atoms with Gasteiger partial charge in [0.05, 0.1) is 14.2 Å². The van der Waals surface area contributed by atoms with Crippen molar-refractivity contribution in [3.63, 3.8) is 0 Å². The van der Waals surface area contributed by atoms with E-state index < -0.39 is 11.8 Å². The van der Waals surface area contributed by atoms with Gasteiger partial charge >= 0.3 is 6.03 Å². The molecule has 0 aliphatic carbocycles. The zero-order chi connectivity index (χ0) is 17.4.